The highest BCUT2D eigenvalue weighted by molar-refractivity contribution is 14.0. The van der Waals surface area contributed by atoms with Crippen LogP contribution in [-0.2, 0) is 13.0 Å². The molecule has 6 nitrogen and oxygen atoms in total. The second-order valence-corrected chi connectivity index (χ2v) is 9.50. The summed E-state index contributed by atoms with van der Waals surface area (Å²) in [6.45, 7) is 12.2. The Balaban J connectivity index is 0.00000363. The van der Waals surface area contributed by atoms with Gasteiger partial charge in [0, 0.05) is 37.5 Å². The molecule has 178 valence electrons. The van der Waals surface area contributed by atoms with E-state index in [0.717, 1.165) is 63.1 Å². The maximum atomic E-state index is 5.25. The predicted molar refractivity (Wildman–Crippen MR) is 146 cm³/mol. The van der Waals surface area contributed by atoms with Crippen molar-refractivity contribution in [1.82, 2.24) is 20.5 Å². The van der Waals surface area contributed by atoms with Crippen LogP contribution in [0, 0.1) is 19.8 Å². The van der Waals surface area contributed by atoms with Crippen LogP contribution in [0.2, 0.25) is 0 Å². The summed E-state index contributed by atoms with van der Waals surface area (Å²) in [6, 6.07) is 8.42. The first kappa shape index (κ1) is 26.9. The number of benzene rings is 1. The van der Waals surface area contributed by atoms with Gasteiger partial charge in [0.1, 0.15) is 5.75 Å². The van der Waals surface area contributed by atoms with Crippen LogP contribution in [0.15, 0.2) is 29.3 Å². The molecule has 0 aliphatic carbocycles. The van der Waals surface area contributed by atoms with E-state index < -0.39 is 0 Å². The number of nitrogens with zero attached hydrogens (tertiary/aromatic N) is 3. The molecule has 2 N–H and O–H groups in total. The minimum atomic E-state index is 0. The number of halogens is 1. The summed E-state index contributed by atoms with van der Waals surface area (Å²) in [7, 11) is 1.71. The number of guanidine groups is 1. The van der Waals surface area contributed by atoms with Crippen LogP contribution < -0.4 is 15.4 Å². The molecule has 0 radical (unpaired) electrons. The zero-order chi connectivity index (χ0) is 22.1. The highest BCUT2D eigenvalue weighted by Gasteiger charge is 2.19. The van der Waals surface area contributed by atoms with Crippen molar-refractivity contribution in [3.8, 4) is 5.75 Å². The monoisotopic (exact) mass is 571 g/mol. The van der Waals surface area contributed by atoms with Crippen LogP contribution in [0.3, 0.4) is 0 Å². The fraction of sp³-hybridized carbons (Fsp3) is 0.583. The molecule has 0 unspecified atom stereocenters. The van der Waals surface area contributed by atoms with Gasteiger partial charge in [-0.1, -0.05) is 12.1 Å². The van der Waals surface area contributed by atoms with Crippen LogP contribution in [0.5, 0.6) is 5.75 Å². The average molecular weight is 572 g/mol. The minimum absolute atomic E-state index is 0. The summed E-state index contributed by atoms with van der Waals surface area (Å²) >= 11 is 1.80. The van der Waals surface area contributed by atoms with E-state index in [-0.39, 0.29) is 24.0 Å². The lowest BCUT2D eigenvalue weighted by molar-refractivity contribution is 0.180. The van der Waals surface area contributed by atoms with Crippen LogP contribution in [0.25, 0.3) is 0 Å². The average Bonchev–Trinajstić information content (AvgIpc) is 3.10. The van der Waals surface area contributed by atoms with E-state index >= 15 is 0 Å². The topological polar surface area (TPSA) is 61.8 Å². The van der Waals surface area contributed by atoms with Gasteiger partial charge in [0.25, 0.3) is 0 Å². The van der Waals surface area contributed by atoms with Gasteiger partial charge in [-0.15, -0.1) is 35.3 Å². The van der Waals surface area contributed by atoms with E-state index in [9.17, 15) is 0 Å². The highest BCUT2D eigenvalue weighted by Crippen LogP contribution is 2.20. The fourth-order valence-corrected chi connectivity index (χ4v) is 4.75. The van der Waals surface area contributed by atoms with Crippen molar-refractivity contribution in [2.45, 2.75) is 46.6 Å². The van der Waals surface area contributed by atoms with Gasteiger partial charge in [-0.25, -0.2) is 4.98 Å². The number of thiazole rings is 1. The van der Waals surface area contributed by atoms with Crippen molar-refractivity contribution in [2.75, 3.05) is 39.8 Å². The molecular formula is C24H38IN5OS. The molecule has 0 bridgehead atoms. The van der Waals surface area contributed by atoms with E-state index in [1.807, 2.05) is 12.1 Å². The largest absolute Gasteiger partial charge is 0.497 e. The zero-order valence-electron chi connectivity index (χ0n) is 19.8. The summed E-state index contributed by atoms with van der Waals surface area (Å²) in [5.41, 5.74) is 2.50. The summed E-state index contributed by atoms with van der Waals surface area (Å²) in [4.78, 5) is 13.3. The summed E-state index contributed by atoms with van der Waals surface area (Å²) in [5, 5.41) is 8.05. The third-order valence-corrected chi connectivity index (χ3v) is 6.96. The van der Waals surface area contributed by atoms with E-state index in [4.69, 9.17) is 9.73 Å². The molecule has 1 aromatic carbocycles. The lowest BCUT2D eigenvalue weighted by atomic mass is 9.96. The maximum absolute atomic E-state index is 5.25. The smallest absolute Gasteiger partial charge is 0.191 e. The summed E-state index contributed by atoms with van der Waals surface area (Å²) in [6.07, 6.45) is 3.35. The number of ether oxygens (including phenoxy) is 1. The molecule has 0 spiro atoms. The standard InChI is InChI=1S/C24H37N5OS.HI/c1-5-25-24(26-13-10-23-28-18(2)19(3)31-23)27-16-20-11-14-29(15-12-20)17-21-6-8-22(30-4)9-7-21;/h6-9,20H,5,10-17H2,1-4H3,(H2,25,26,27);1H. The van der Waals surface area contributed by atoms with Crippen molar-refractivity contribution in [2.24, 2.45) is 10.9 Å². The predicted octanol–water partition coefficient (Wildman–Crippen LogP) is 4.40. The molecule has 2 aromatic rings. The fourth-order valence-electron chi connectivity index (χ4n) is 3.81. The number of hydrogen-bond acceptors (Lipinski definition) is 5. The number of nitrogens with one attached hydrogen (secondary N) is 2. The number of aryl methyl sites for hydroxylation is 2. The molecule has 1 aliphatic heterocycles. The Labute approximate surface area is 214 Å². The lowest BCUT2D eigenvalue weighted by Crippen LogP contribution is -2.39. The molecule has 2 heterocycles. The van der Waals surface area contributed by atoms with Crippen LogP contribution in [0.1, 0.15) is 40.9 Å². The third kappa shape index (κ3) is 8.51. The third-order valence-electron chi connectivity index (χ3n) is 5.83. The quantitative estimate of drug-likeness (QED) is 0.266. The van der Waals surface area contributed by atoms with Crippen molar-refractivity contribution in [3.05, 3.63) is 45.4 Å². The Morgan fingerprint density at radius 3 is 2.50 bits per heavy atom. The van der Waals surface area contributed by atoms with E-state index in [1.165, 1.54) is 28.3 Å². The lowest BCUT2D eigenvalue weighted by Gasteiger charge is -2.31. The first-order chi connectivity index (χ1) is 15.1. The number of methoxy groups -OCH3 is 1. The number of hydrogen-bond donors (Lipinski definition) is 2. The van der Waals surface area contributed by atoms with Crippen LogP contribution >= 0.6 is 35.3 Å². The molecule has 1 aliphatic rings. The van der Waals surface area contributed by atoms with Gasteiger partial charge < -0.3 is 15.4 Å². The molecule has 0 amide bonds. The van der Waals surface area contributed by atoms with Gasteiger partial charge in [-0.2, -0.15) is 0 Å². The van der Waals surface area contributed by atoms with Crippen molar-refractivity contribution >= 4 is 41.3 Å². The van der Waals surface area contributed by atoms with Gasteiger partial charge in [0.15, 0.2) is 5.96 Å². The summed E-state index contributed by atoms with van der Waals surface area (Å²) < 4.78 is 5.25. The molecular weight excluding hydrogens is 533 g/mol. The summed E-state index contributed by atoms with van der Waals surface area (Å²) in [5.74, 6) is 2.50. The van der Waals surface area contributed by atoms with E-state index in [1.54, 1.807) is 18.4 Å². The molecule has 0 atom stereocenters. The van der Waals surface area contributed by atoms with Crippen LogP contribution in [-0.4, -0.2) is 55.7 Å². The normalized spacial score (nSPS) is 15.3. The number of aliphatic imine (C=N–C) groups is 1. The Morgan fingerprint density at radius 1 is 1.19 bits per heavy atom. The highest BCUT2D eigenvalue weighted by atomic mass is 127. The molecule has 32 heavy (non-hydrogen) atoms. The van der Waals surface area contributed by atoms with Gasteiger partial charge in [0.05, 0.1) is 17.8 Å². The van der Waals surface area contributed by atoms with Crippen molar-refractivity contribution < 1.29 is 4.74 Å². The number of rotatable bonds is 9. The molecule has 0 saturated carbocycles. The number of aromatic nitrogens is 1. The van der Waals surface area contributed by atoms with E-state index in [0.29, 0.717) is 5.92 Å². The second kappa shape index (κ2) is 14.0. The van der Waals surface area contributed by atoms with Gasteiger partial charge in [0.2, 0.25) is 0 Å². The van der Waals surface area contributed by atoms with Crippen molar-refractivity contribution in [3.63, 3.8) is 0 Å². The molecule has 8 heteroatoms. The first-order valence-corrected chi connectivity index (χ1v) is 12.2. The Morgan fingerprint density at radius 2 is 1.91 bits per heavy atom. The maximum Gasteiger partial charge on any atom is 0.191 e. The van der Waals surface area contributed by atoms with Gasteiger partial charge in [-0.05, 0) is 70.3 Å². The number of piperidine rings is 1. The SMILES string of the molecule is CCNC(=NCC1CCN(Cc2ccc(OC)cc2)CC1)NCCc1nc(C)c(C)s1.I. The molecule has 1 saturated heterocycles. The number of likely N-dealkylation sites (tertiary alicyclic amines) is 1. The van der Waals surface area contributed by atoms with Crippen LogP contribution in [0.4, 0.5) is 0 Å². The Kier molecular flexibility index (Phi) is 11.7. The molecule has 3 rings (SSSR count). The molecule has 1 aromatic heterocycles. The Hall–Kier alpha value is -1.39. The minimum Gasteiger partial charge on any atom is -0.497 e. The Bertz CT molecular complexity index is 812. The van der Waals surface area contributed by atoms with Gasteiger partial charge >= 0.3 is 0 Å². The second-order valence-electron chi connectivity index (χ2n) is 8.21. The molecule has 1 fully saturated rings. The zero-order valence-corrected chi connectivity index (χ0v) is 23.0. The van der Waals surface area contributed by atoms with Crippen molar-refractivity contribution in [1.29, 1.82) is 0 Å². The van der Waals surface area contributed by atoms with Gasteiger partial charge in [-0.3, -0.25) is 9.89 Å². The first-order valence-electron chi connectivity index (χ1n) is 11.4. The van der Waals surface area contributed by atoms with E-state index in [2.05, 4.69) is 53.4 Å².